The number of hydrogen-bond donors (Lipinski definition) is 2. The van der Waals surface area contributed by atoms with Crippen LogP contribution in [0.15, 0.2) is 48.8 Å². The van der Waals surface area contributed by atoms with Gasteiger partial charge in [0.2, 0.25) is 5.91 Å². The molecule has 1 heterocycles. The molecule has 0 spiro atoms. The van der Waals surface area contributed by atoms with E-state index in [1.807, 2.05) is 68.4 Å². The number of carbonyl (C=O) groups excluding carboxylic acids is 1. The first-order valence-electron chi connectivity index (χ1n) is 8.04. The fourth-order valence-corrected chi connectivity index (χ4v) is 2.50. The summed E-state index contributed by atoms with van der Waals surface area (Å²) in [5.41, 5.74) is 3.69. The maximum Gasteiger partial charge on any atom is 0.238 e. The van der Waals surface area contributed by atoms with Gasteiger partial charge in [-0.25, -0.2) is 9.97 Å². The second kappa shape index (κ2) is 7.27. The minimum Gasteiger partial charge on any atom is -0.340 e. The summed E-state index contributed by atoms with van der Waals surface area (Å²) in [7, 11) is 3.72. The molecule has 0 aliphatic heterocycles. The van der Waals surface area contributed by atoms with Crippen molar-refractivity contribution < 1.29 is 4.79 Å². The van der Waals surface area contributed by atoms with Crippen molar-refractivity contribution in [1.82, 2.24) is 14.9 Å². The topological polar surface area (TPSA) is 70.1 Å². The van der Waals surface area contributed by atoms with Crippen molar-refractivity contribution in [3.63, 3.8) is 0 Å². The Morgan fingerprint density at radius 1 is 1.04 bits per heavy atom. The van der Waals surface area contributed by atoms with Crippen molar-refractivity contribution in [2.75, 3.05) is 31.3 Å². The van der Waals surface area contributed by atoms with E-state index in [0.717, 1.165) is 22.3 Å². The number of rotatable bonds is 5. The predicted molar refractivity (Wildman–Crippen MR) is 101 cm³/mol. The molecule has 6 heteroatoms. The van der Waals surface area contributed by atoms with E-state index < -0.39 is 0 Å². The molecule has 6 nitrogen and oxygen atoms in total. The standard InChI is InChI=1S/C19H21N5O/c1-13-4-6-14(7-5-13)23-19-16-10-15(22-18(25)11-24(2)3)8-9-17(16)20-12-21-19/h4-10,12H,11H2,1-3H3,(H,22,25)(H,20,21,23). The van der Waals surface area contributed by atoms with Gasteiger partial charge in [0.15, 0.2) is 0 Å². The largest absolute Gasteiger partial charge is 0.340 e. The highest BCUT2D eigenvalue weighted by atomic mass is 16.2. The van der Waals surface area contributed by atoms with Gasteiger partial charge in [0, 0.05) is 16.8 Å². The summed E-state index contributed by atoms with van der Waals surface area (Å²) in [6.45, 7) is 2.38. The molecule has 1 amide bonds. The molecule has 2 aromatic carbocycles. The van der Waals surface area contributed by atoms with Crippen LogP contribution in [0.2, 0.25) is 0 Å². The summed E-state index contributed by atoms with van der Waals surface area (Å²) in [6, 6.07) is 13.7. The van der Waals surface area contributed by atoms with Gasteiger partial charge in [-0.3, -0.25) is 4.79 Å². The molecule has 3 aromatic rings. The zero-order valence-electron chi connectivity index (χ0n) is 14.6. The third-order valence-electron chi connectivity index (χ3n) is 3.69. The van der Waals surface area contributed by atoms with Crippen LogP contribution < -0.4 is 10.6 Å². The summed E-state index contributed by atoms with van der Waals surface area (Å²) < 4.78 is 0. The Morgan fingerprint density at radius 3 is 2.48 bits per heavy atom. The van der Waals surface area contributed by atoms with Crippen molar-refractivity contribution in [3.05, 3.63) is 54.4 Å². The van der Waals surface area contributed by atoms with E-state index in [4.69, 9.17) is 0 Å². The average Bonchev–Trinajstić information content (AvgIpc) is 2.56. The number of benzene rings is 2. The van der Waals surface area contributed by atoms with Gasteiger partial charge in [-0.2, -0.15) is 0 Å². The lowest BCUT2D eigenvalue weighted by atomic mass is 10.2. The second-order valence-corrected chi connectivity index (χ2v) is 6.23. The highest BCUT2D eigenvalue weighted by Gasteiger charge is 2.08. The zero-order valence-corrected chi connectivity index (χ0v) is 14.6. The molecular weight excluding hydrogens is 314 g/mol. The van der Waals surface area contributed by atoms with Crippen molar-refractivity contribution in [2.45, 2.75) is 6.92 Å². The Labute approximate surface area is 146 Å². The highest BCUT2D eigenvalue weighted by molar-refractivity contribution is 5.97. The van der Waals surface area contributed by atoms with Gasteiger partial charge in [-0.05, 0) is 51.4 Å². The van der Waals surface area contributed by atoms with Crippen LogP contribution in [-0.2, 0) is 4.79 Å². The lowest BCUT2D eigenvalue weighted by molar-refractivity contribution is -0.116. The van der Waals surface area contributed by atoms with E-state index in [1.165, 1.54) is 11.9 Å². The predicted octanol–water partition coefficient (Wildman–Crippen LogP) is 3.18. The molecule has 0 aliphatic carbocycles. The molecule has 3 rings (SSSR count). The van der Waals surface area contributed by atoms with E-state index in [-0.39, 0.29) is 5.91 Å². The summed E-state index contributed by atoms with van der Waals surface area (Å²) in [6.07, 6.45) is 1.53. The minimum absolute atomic E-state index is 0.0609. The van der Waals surface area contributed by atoms with Gasteiger partial charge in [0.1, 0.15) is 12.1 Å². The molecule has 0 bridgehead atoms. The van der Waals surface area contributed by atoms with Gasteiger partial charge in [-0.1, -0.05) is 17.7 Å². The van der Waals surface area contributed by atoms with Crippen LogP contribution in [0.4, 0.5) is 17.2 Å². The Kier molecular flexibility index (Phi) is 4.90. The monoisotopic (exact) mass is 335 g/mol. The molecule has 0 aliphatic rings. The Bertz CT molecular complexity index is 890. The molecule has 0 saturated heterocycles. The lowest BCUT2D eigenvalue weighted by Crippen LogP contribution is -2.27. The van der Waals surface area contributed by atoms with Gasteiger partial charge in [0.05, 0.1) is 12.1 Å². The number of aromatic nitrogens is 2. The number of aryl methyl sites for hydroxylation is 1. The molecule has 0 atom stereocenters. The minimum atomic E-state index is -0.0609. The van der Waals surface area contributed by atoms with E-state index in [9.17, 15) is 4.79 Å². The first-order valence-corrected chi connectivity index (χ1v) is 8.04. The number of amides is 1. The van der Waals surface area contributed by atoms with E-state index in [2.05, 4.69) is 20.6 Å². The van der Waals surface area contributed by atoms with E-state index in [0.29, 0.717) is 12.4 Å². The zero-order chi connectivity index (χ0) is 17.8. The van der Waals surface area contributed by atoms with E-state index in [1.54, 1.807) is 0 Å². The number of hydrogen-bond acceptors (Lipinski definition) is 5. The van der Waals surface area contributed by atoms with Gasteiger partial charge < -0.3 is 15.5 Å². The Hall–Kier alpha value is -2.99. The SMILES string of the molecule is Cc1ccc(Nc2ncnc3ccc(NC(=O)CN(C)C)cc23)cc1. The van der Waals surface area contributed by atoms with Crippen LogP contribution in [0.5, 0.6) is 0 Å². The van der Waals surface area contributed by atoms with Crippen molar-refractivity contribution >= 4 is 34.0 Å². The maximum atomic E-state index is 12.0. The van der Waals surface area contributed by atoms with Crippen molar-refractivity contribution in [1.29, 1.82) is 0 Å². The number of nitrogens with one attached hydrogen (secondary N) is 2. The third-order valence-corrected chi connectivity index (χ3v) is 3.69. The normalized spacial score (nSPS) is 10.9. The Morgan fingerprint density at radius 2 is 1.76 bits per heavy atom. The van der Waals surface area contributed by atoms with Gasteiger partial charge >= 0.3 is 0 Å². The molecule has 25 heavy (non-hydrogen) atoms. The second-order valence-electron chi connectivity index (χ2n) is 6.23. The van der Waals surface area contributed by atoms with Crippen LogP contribution in [0.3, 0.4) is 0 Å². The van der Waals surface area contributed by atoms with Gasteiger partial charge in [0.25, 0.3) is 0 Å². The summed E-state index contributed by atoms with van der Waals surface area (Å²) >= 11 is 0. The number of nitrogens with zero attached hydrogens (tertiary/aromatic N) is 3. The lowest BCUT2D eigenvalue weighted by Gasteiger charge is -2.12. The first-order chi connectivity index (χ1) is 12.0. The summed E-state index contributed by atoms with van der Waals surface area (Å²) in [5, 5.41) is 7.07. The molecule has 0 saturated carbocycles. The van der Waals surface area contributed by atoms with Crippen LogP contribution in [0.25, 0.3) is 10.9 Å². The van der Waals surface area contributed by atoms with Crippen molar-refractivity contribution in [3.8, 4) is 0 Å². The van der Waals surface area contributed by atoms with Gasteiger partial charge in [-0.15, -0.1) is 0 Å². The number of likely N-dealkylation sites (N-methyl/N-ethyl adjacent to an activating group) is 1. The quantitative estimate of drug-likeness (QED) is 0.749. The fraction of sp³-hybridized carbons (Fsp3) is 0.211. The average molecular weight is 335 g/mol. The first kappa shape index (κ1) is 16.9. The highest BCUT2D eigenvalue weighted by Crippen LogP contribution is 2.25. The fourth-order valence-electron chi connectivity index (χ4n) is 2.50. The summed E-state index contributed by atoms with van der Waals surface area (Å²) in [5.74, 6) is 0.645. The molecule has 0 fully saturated rings. The van der Waals surface area contributed by atoms with Crippen LogP contribution in [0, 0.1) is 6.92 Å². The number of carbonyl (C=O) groups is 1. The van der Waals surface area contributed by atoms with E-state index >= 15 is 0 Å². The maximum absolute atomic E-state index is 12.0. The van der Waals surface area contributed by atoms with Crippen LogP contribution in [0.1, 0.15) is 5.56 Å². The number of fused-ring (bicyclic) bond motifs is 1. The summed E-state index contributed by atoms with van der Waals surface area (Å²) in [4.78, 5) is 22.4. The molecule has 128 valence electrons. The van der Waals surface area contributed by atoms with Crippen LogP contribution in [-0.4, -0.2) is 41.4 Å². The number of anilines is 3. The molecule has 0 radical (unpaired) electrons. The van der Waals surface area contributed by atoms with Crippen molar-refractivity contribution in [2.24, 2.45) is 0 Å². The molecule has 2 N–H and O–H groups in total. The molecule has 1 aromatic heterocycles. The third kappa shape index (κ3) is 4.30. The smallest absolute Gasteiger partial charge is 0.238 e. The Balaban J connectivity index is 1.89. The molecule has 0 unspecified atom stereocenters. The molecular formula is C19H21N5O. The van der Waals surface area contributed by atoms with Crippen LogP contribution >= 0.6 is 0 Å².